The summed E-state index contributed by atoms with van der Waals surface area (Å²) in [7, 11) is 0. The fourth-order valence-corrected chi connectivity index (χ4v) is 5.39. The highest BCUT2D eigenvalue weighted by atomic mass is 35.5. The van der Waals surface area contributed by atoms with Gasteiger partial charge in [0.25, 0.3) is 0 Å². The van der Waals surface area contributed by atoms with Crippen molar-refractivity contribution in [1.82, 2.24) is 14.8 Å². The number of hydrogen-bond donors (Lipinski definition) is 1. The molecule has 0 fully saturated rings. The Morgan fingerprint density at radius 2 is 1.88 bits per heavy atom. The molecule has 34 heavy (non-hydrogen) atoms. The molecule has 6 nitrogen and oxygen atoms in total. The van der Waals surface area contributed by atoms with Crippen LogP contribution in [0.25, 0.3) is 5.00 Å². The van der Waals surface area contributed by atoms with Gasteiger partial charge in [-0.3, -0.25) is 14.4 Å². The van der Waals surface area contributed by atoms with Crippen molar-refractivity contribution < 1.29 is 4.79 Å². The van der Waals surface area contributed by atoms with E-state index in [0.717, 1.165) is 45.6 Å². The zero-order valence-electron chi connectivity index (χ0n) is 19.0. The second-order valence-corrected chi connectivity index (χ2v) is 9.73. The van der Waals surface area contributed by atoms with E-state index in [1.165, 1.54) is 4.88 Å². The summed E-state index contributed by atoms with van der Waals surface area (Å²) >= 11 is 7.90. The number of para-hydroxylation sites is 1. The molecule has 8 heteroatoms. The predicted molar refractivity (Wildman–Crippen MR) is 137 cm³/mol. The zero-order chi connectivity index (χ0) is 23.7. The molecule has 5 rings (SSSR count). The van der Waals surface area contributed by atoms with Gasteiger partial charge < -0.3 is 5.32 Å². The second kappa shape index (κ2) is 9.52. The summed E-state index contributed by atoms with van der Waals surface area (Å²) in [4.78, 5) is 19.1. The SMILES string of the molecule is CCc1cc2c(s1)-n1c(C)nnc1C(CCC(=O)Nc1ccccc1)N=C2c1ccc(Cl)cc1. The molecular formula is C26H24ClN5OS. The number of amides is 1. The Morgan fingerprint density at radius 1 is 1.12 bits per heavy atom. The fourth-order valence-electron chi connectivity index (χ4n) is 4.11. The standard InChI is InChI=1S/C26H24ClN5OS/c1-3-20-15-21-24(17-9-11-18(27)12-10-17)29-22(25-31-30-16(2)32(25)26(21)34-20)13-14-23(33)28-19-7-5-4-6-8-19/h4-12,15,22H,3,13-14H2,1-2H3,(H,28,33). The van der Waals surface area contributed by atoms with Crippen LogP contribution in [-0.4, -0.2) is 26.4 Å². The van der Waals surface area contributed by atoms with Crippen LogP contribution in [-0.2, 0) is 11.2 Å². The zero-order valence-corrected chi connectivity index (χ0v) is 20.5. The third kappa shape index (κ3) is 4.41. The number of benzene rings is 2. The van der Waals surface area contributed by atoms with Crippen molar-refractivity contribution in [3.63, 3.8) is 0 Å². The van der Waals surface area contributed by atoms with Crippen molar-refractivity contribution in [2.75, 3.05) is 5.32 Å². The summed E-state index contributed by atoms with van der Waals surface area (Å²) in [6, 6.07) is 19.1. The molecular weight excluding hydrogens is 466 g/mol. The van der Waals surface area contributed by atoms with Gasteiger partial charge in [-0.15, -0.1) is 21.5 Å². The molecule has 0 radical (unpaired) electrons. The number of carbonyl (C=O) groups excluding carboxylic acids is 1. The Morgan fingerprint density at radius 3 is 2.62 bits per heavy atom. The third-order valence-corrected chi connectivity index (χ3v) is 7.34. The van der Waals surface area contributed by atoms with Crippen LogP contribution in [0.4, 0.5) is 5.69 Å². The number of fused-ring (bicyclic) bond motifs is 3. The number of anilines is 1. The number of rotatable bonds is 6. The van der Waals surface area contributed by atoms with E-state index in [1.54, 1.807) is 11.3 Å². The number of nitrogens with zero attached hydrogens (tertiary/aromatic N) is 4. The maximum absolute atomic E-state index is 12.7. The molecule has 1 atom stereocenters. The maximum Gasteiger partial charge on any atom is 0.224 e. The van der Waals surface area contributed by atoms with E-state index in [2.05, 4.69) is 33.1 Å². The average molecular weight is 490 g/mol. The Balaban J connectivity index is 1.53. The lowest BCUT2D eigenvalue weighted by Gasteiger charge is -2.13. The molecule has 1 unspecified atom stereocenters. The number of thiophene rings is 1. The Kier molecular flexibility index (Phi) is 6.30. The van der Waals surface area contributed by atoms with Crippen LogP contribution in [0.5, 0.6) is 0 Å². The lowest BCUT2D eigenvalue weighted by atomic mass is 10.0. The third-order valence-electron chi connectivity index (χ3n) is 5.82. The monoisotopic (exact) mass is 489 g/mol. The summed E-state index contributed by atoms with van der Waals surface area (Å²) in [5.74, 6) is 1.52. The van der Waals surface area contributed by atoms with Gasteiger partial charge in [0.2, 0.25) is 5.91 Å². The van der Waals surface area contributed by atoms with Crippen molar-refractivity contribution in [2.45, 2.75) is 39.2 Å². The van der Waals surface area contributed by atoms with Gasteiger partial charge in [0, 0.05) is 33.1 Å². The smallest absolute Gasteiger partial charge is 0.224 e. The molecule has 1 aliphatic rings. The fraction of sp³-hybridized carbons (Fsp3) is 0.231. The van der Waals surface area contributed by atoms with Crippen molar-refractivity contribution in [1.29, 1.82) is 0 Å². The minimum atomic E-state index is -0.307. The van der Waals surface area contributed by atoms with Gasteiger partial charge in [-0.2, -0.15) is 0 Å². The van der Waals surface area contributed by atoms with Crippen LogP contribution in [0.15, 0.2) is 65.7 Å². The van der Waals surface area contributed by atoms with Crippen LogP contribution in [0, 0.1) is 6.92 Å². The van der Waals surface area contributed by atoms with E-state index >= 15 is 0 Å². The maximum atomic E-state index is 12.7. The summed E-state index contributed by atoms with van der Waals surface area (Å²) in [5.41, 5.74) is 3.72. The minimum absolute atomic E-state index is 0.0514. The van der Waals surface area contributed by atoms with Crippen LogP contribution in [0.1, 0.15) is 53.5 Å². The normalized spacial score (nSPS) is 14.7. The molecule has 2 aromatic carbocycles. The number of halogens is 1. The number of hydrogen-bond acceptors (Lipinski definition) is 5. The first-order valence-electron chi connectivity index (χ1n) is 11.3. The second-order valence-electron chi connectivity index (χ2n) is 8.18. The van der Waals surface area contributed by atoms with Gasteiger partial charge in [-0.05, 0) is 50.1 Å². The number of aliphatic imine (C=N–C) groups is 1. The molecule has 0 aliphatic carbocycles. The first-order chi connectivity index (χ1) is 16.5. The quantitative estimate of drug-likeness (QED) is 0.352. The first-order valence-corrected chi connectivity index (χ1v) is 12.5. The topological polar surface area (TPSA) is 72.2 Å². The lowest BCUT2D eigenvalue weighted by molar-refractivity contribution is -0.116. The van der Waals surface area contributed by atoms with Gasteiger partial charge in [-0.25, -0.2) is 0 Å². The Hall–Kier alpha value is -3.29. The van der Waals surface area contributed by atoms with Crippen LogP contribution < -0.4 is 5.32 Å². The summed E-state index contributed by atoms with van der Waals surface area (Å²) in [6.45, 7) is 4.11. The van der Waals surface area contributed by atoms with Crippen molar-refractivity contribution in [2.24, 2.45) is 4.99 Å². The molecule has 1 amide bonds. The summed E-state index contributed by atoms with van der Waals surface area (Å²) in [6.07, 6.45) is 1.77. The van der Waals surface area contributed by atoms with Crippen LogP contribution in [0.2, 0.25) is 5.02 Å². The lowest BCUT2D eigenvalue weighted by Crippen LogP contribution is -2.14. The van der Waals surface area contributed by atoms with Gasteiger partial charge in [0.15, 0.2) is 5.82 Å². The highest BCUT2D eigenvalue weighted by Gasteiger charge is 2.30. The highest BCUT2D eigenvalue weighted by molar-refractivity contribution is 7.15. The molecule has 0 bridgehead atoms. The largest absolute Gasteiger partial charge is 0.326 e. The van der Waals surface area contributed by atoms with E-state index in [-0.39, 0.29) is 11.9 Å². The minimum Gasteiger partial charge on any atom is -0.326 e. The average Bonchev–Trinajstić information content (AvgIpc) is 3.40. The van der Waals surface area contributed by atoms with Crippen LogP contribution in [0.3, 0.4) is 0 Å². The molecule has 2 aromatic heterocycles. The van der Waals surface area contributed by atoms with E-state index in [0.29, 0.717) is 17.9 Å². The van der Waals surface area contributed by atoms with Crippen molar-refractivity contribution in [3.8, 4) is 5.00 Å². The highest BCUT2D eigenvalue weighted by Crippen LogP contribution is 2.37. The van der Waals surface area contributed by atoms with Gasteiger partial charge in [0.1, 0.15) is 16.9 Å². The Labute approximate surface area is 207 Å². The number of aromatic nitrogens is 3. The molecule has 0 saturated heterocycles. The molecule has 1 aliphatic heterocycles. The number of nitrogens with one attached hydrogen (secondary N) is 1. The number of aryl methyl sites for hydroxylation is 2. The molecule has 1 N–H and O–H groups in total. The van der Waals surface area contributed by atoms with Crippen molar-refractivity contribution in [3.05, 3.63) is 93.3 Å². The first kappa shape index (κ1) is 22.5. The van der Waals surface area contributed by atoms with E-state index < -0.39 is 0 Å². The molecule has 0 spiro atoms. The van der Waals surface area contributed by atoms with Crippen LogP contribution >= 0.6 is 22.9 Å². The predicted octanol–water partition coefficient (Wildman–Crippen LogP) is 6.16. The molecule has 4 aromatic rings. The van der Waals surface area contributed by atoms with Gasteiger partial charge in [-0.1, -0.05) is 48.9 Å². The van der Waals surface area contributed by atoms with Gasteiger partial charge in [0.05, 0.1) is 5.71 Å². The van der Waals surface area contributed by atoms with E-state index in [4.69, 9.17) is 16.6 Å². The summed E-state index contributed by atoms with van der Waals surface area (Å²) in [5, 5.41) is 13.6. The molecule has 3 heterocycles. The van der Waals surface area contributed by atoms with Crippen molar-refractivity contribution >= 4 is 40.2 Å². The Bertz CT molecular complexity index is 1360. The summed E-state index contributed by atoms with van der Waals surface area (Å²) < 4.78 is 2.10. The van der Waals surface area contributed by atoms with E-state index in [1.807, 2.05) is 61.5 Å². The number of carbonyl (C=O) groups is 1. The molecule has 172 valence electrons. The molecule has 0 saturated carbocycles. The van der Waals surface area contributed by atoms with E-state index in [9.17, 15) is 4.79 Å². The van der Waals surface area contributed by atoms with Gasteiger partial charge >= 0.3 is 0 Å².